The molecule has 1 aliphatic rings. The summed E-state index contributed by atoms with van der Waals surface area (Å²) in [5.74, 6) is 2.31. The van der Waals surface area contributed by atoms with Gasteiger partial charge in [0.1, 0.15) is 6.10 Å². The number of aromatic nitrogens is 3. The summed E-state index contributed by atoms with van der Waals surface area (Å²) in [5, 5.41) is 2.26. The first kappa shape index (κ1) is 19.0. The third kappa shape index (κ3) is 4.31. The van der Waals surface area contributed by atoms with Crippen LogP contribution in [0.3, 0.4) is 0 Å². The molecule has 0 radical (unpaired) electrons. The topological polar surface area (TPSA) is 91.5 Å². The Kier molecular flexibility index (Phi) is 5.81. The SMILES string of the molecule is CCOc1ccc(C2CC(Oc3ccc(-c4cc(=O)[nH]o4)cn3)C2)c[nH+]1.[Cl-]. The Balaban J connectivity index is 0.00000210. The highest BCUT2D eigenvalue weighted by molar-refractivity contribution is 5.55. The second-order valence-corrected chi connectivity index (χ2v) is 6.29. The number of hydrogen-bond donors (Lipinski definition) is 1. The Morgan fingerprint density at radius 2 is 2.15 bits per heavy atom. The van der Waals surface area contributed by atoms with E-state index in [-0.39, 0.29) is 24.1 Å². The van der Waals surface area contributed by atoms with Gasteiger partial charge in [-0.1, -0.05) is 0 Å². The van der Waals surface area contributed by atoms with Crippen molar-refractivity contribution in [2.45, 2.75) is 31.8 Å². The fourth-order valence-corrected chi connectivity index (χ4v) is 3.05. The molecule has 3 aromatic heterocycles. The first-order chi connectivity index (χ1) is 12.7. The fourth-order valence-electron chi connectivity index (χ4n) is 3.05. The molecule has 1 aliphatic carbocycles. The number of nitrogens with one attached hydrogen (secondary N) is 2. The minimum Gasteiger partial charge on any atom is -1.00 e. The van der Waals surface area contributed by atoms with Crippen molar-refractivity contribution in [2.75, 3.05) is 6.61 Å². The van der Waals surface area contributed by atoms with Gasteiger partial charge in [-0.05, 0) is 37.8 Å². The quantitative estimate of drug-likeness (QED) is 0.618. The molecule has 0 bridgehead atoms. The smallest absolute Gasteiger partial charge is 0.366 e. The number of nitrogens with zero attached hydrogens (tertiary/aromatic N) is 1. The van der Waals surface area contributed by atoms with Gasteiger partial charge >= 0.3 is 5.88 Å². The Hall–Kier alpha value is -2.80. The van der Waals surface area contributed by atoms with E-state index in [1.165, 1.54) is 11.6 Å². The Labute approximate surface area is 162 Å². The monoisotopic (exact) mass is 389 g/mol. The van der Waals surface area contributed by atoms with Crippen LogP contribution in [0.4, 0.5) is 0 Å². The van der Waals surface area contributed by atoms with Gasteiger partial charge in [0.05, 0.1) is 18.7 Å². The molecule has 0 unspecified atom stereocenters. The van der Waals surface area contributed by atoms with E-state index in [0.29, 0.717) is 24.2 Å². The maximum atomic E-state index is 11.1. The van der Waals surface area contributed by atoms with Crippen LogP contribution in [0.5, 0.6) is 11.8 Å². The van der Waals surface area contributed by atoms with Crippen LogP contribution in [0.1, 0.15) is 31.2 Å². The van der Waals surface area contributed by atoms with E-state index in [1.807, 2.05) is 25.3 Å². The van der Waals surface area contributed by atoms with Crippen molar-refractivity contribution in [1.82, 2.24) is 10.1 Å². The molecule has 1 fully saturated rings. The van der Waals surface area contributed by atoms with E-state index >= 15 is 0 Å². The molecule has 0 amide bonds. The summed E-state index contributed by atoms with van der Waals surface area (Å²) < 4.78 is 16.4. The molecule has 0 spiro atoms. The maximum absolute atomic E-state index is 11.1. The first-order valence-electron chi connectivity index (χ1n) is 8.67. The highest BCUT2D eigenvalue weighted by Gasteiger charge is 2.33. The number of halogens is 1. The molecule has 2 N–H and O–H groups in total. The van der Waals surface area contributed by atoms with Gasteiger partial charge in [-0.15, -0.1) is 0 Å². The number of ether oxygens (including phenoxy) is 2. The van der Waals surface area contributed by atoms with Crippen LogP contribution in [0, 0.1) is 0 Å². The van der Waals surface area contributed by atoms with E-state index < -0.39 is 0 Å². The summed E-state index contributed by atoms with van der Waals surface area (Å²) in [6.07, 6.45) is 5.72. The van der Waals surface area contributed by atoms with Gasteiger partial charge in [-0.25, -0.2) is 4.98 Å². The van der Waals surface area contributed by atoms with Crippen molar-refractivity contribution >= 4 is 0 Å². The van der Waals surface area contributed by atoms with Crippen LogP contribution in [-0.2, 0) is 0 Å². The molecule has 0 aromatic carbocycles. The van der Waals surface area contributed by atoms with Gasteiger partial charge in [-0.2, -0.15) is 10.1 Å². The standard InChI is InChI=1S/C19H19N3O4.ClH/c1-2-24-18-5-3-12(10-20-18)14-7-15(8-14)25-19-6-4-13(11-21-19)16-9-17(23)22-26-16;/h3-6,9-11,14-15H,2,7-8H2,1H3,(H,22,23);1H. The number of hydrogen-bond acceptors (Lipinski definition) is 5. The normalized spacial score (nSPS) is 18.3. The molecule has 0 atom stereocenters. The van der Waals surface area contributed by atoms with Crippen LogP contribution in [0.2, 0.25) is 0 Å². The average Bonchev–Trinajstić information content (AvgIpc) is 3.06. The summed E-state index contributed by atoms with van der Waals surface area (Å²) in [7, 11) is 0. The Bertz CT molecular complexity index is 915. The number of rotatable bonds is 6. The number of H-pyrrole nitrogens is 2. The van der Waals surface area contributed by atoms with Crippen LogP contribution < -0.4 is 32.4 Å². The van der Waals surface area contributed by atoms with E-state index in [0.717, 1.165) is 24.3 Å². The molecule has 7 nitrogen and oxygen atoms in total. The van der Waals surface area contributed by atoms with Crippen LogP contribution in [0.25, 0.3) is 11.3 Å². The number of pyridine rings is 2. The Morgan fingerprint density at radius 1 is 1.30 bits per heavy atom. The second-order valence-electron chi connectivity index (χ2n) is 6.29. The minimum atomic E-state index is -0.271. The molecule has 1 saturated carbocycles. The highest BCUT2D eigenvalue weighted by atomic mass is 35.5. The van der Waals surface area contributed by atoms with Gasteiger partial charge in [0.2, 0.25) is 5.88 Å². The second kappa shape index (κ2) is 8.26. The van der Waals surface area contributed by atoms with Crippen molar-refractivity contribution in [3.8, 4) is 23.1 Å². The molecule has 3 heterocycles. The lowest BCUT2D eigenvalue weighted by atomic mass is 9.78. The van der Waals surface area contributed by atoms with Gasteiger partial charge in [-0.3, -0.25) is 4.79 Å². The molecule has 0 saturated heterocycles. The van der Waals surface area contributed by atoms with Crippen molar-refractivity contribution < 1.29 is 31.4 Å². The lowest BCUT2D eigenvalue weighted by Crippen LogP contribution is -3.00. The van der Waals surface area contributed by atoms with Crippen molar-refractivity contribution in [2.24, 2.45) is 0 Å². The lowest BCUT2D eigenvalue weighted by Gasteiger charge is -2.34. The lowest BCUT2D eigenvalue weighted by molar-refractivity contribution is -0.395. The van der Waals surface area contributed by atoms with Crippen LogP contribution in [-0.4, -0.2) is 22.9 Å². The largest absolute Gasteiger partial charge is 1.00 e. The fraction of sp³-hybridized carbons (Fsp3) is 0.316. The summed E-state index contributed by atoms with van der Waals surface area (Å²) in [6, 6.07) is 9.07. The molecule has 142 valence electrons. The predicted octanol–water partition coefficient (Wildman–Crippen LogP) is -0.428. The van der Waals surface area contributed by atoms with Crippen molar-refractivity contribution in [3.05, 3.63) is 58.6 Å². The van der Waals surface area contributed by atoms with Gasteiger partial charge in [0.15, 0.2) is 12.0 Å². The first-order valence-corrected chi connectivity index (χ1v) is 8.67. The number of aromatic amines is 2. The zero-order valence-electron chi connectivity index (χ0n) is 14.8. The summed E-state index contributed by atoms with van der Waals surface area (Å²) in [6.45, 7) is 2.61. The zero-order chi connectivity index (χ0) is 17.9. The Morgan fingerprint density at radius 3 is 2.74 bits per heavy atom. The minimum absolute atomic E-state index is 0. The molecular formula is C19H20ClN3O4. The van der Waals surface area contributed by atoms with E-state index in [1.54, 1.807) is 12.3 Å². The molecular weight excluding hydrogens is 370 g/mol. The molecule has 3 aromatic rings. The van der Waals surface area contributed by atoms with Gasteiger partial charge in [0.25, 0.3) is 5.56 Å². The molecule has 27 heavy (non-hydrogen) atoms. The zero-order valence-corrected chi connectivity index (χ0v) is 15.5. The maximum Gasteiger partial charge on any atom is 0.366 e. The summed E-state index contributed by atoms with van der Waals surface area (Å²) in [5.41, 5.74) is 1.72. The highest BCUT2D eigenvalue weighted by Crippen LogP contribution is 2.38. The van der Waals surface area contributed by atoms with Gasteiger partial charge in [0, 0.05) is 23.4 Å². The predicted molar refractivity (Wildman–Crippen MR) is 93.1 cm³/mol. The average molecular weight is 390 g/mol. The van der Waals surface area contributed by atoms with Gasteiger partial charge < -0.3 is 26.4 Å². The van der Waals surface area contributed by atoms with Crippen molar-refractivity contribution in [1.29, 1.82) is 0 Å². The third-order valence-corrected chi connectivity index (χ3v) is 4.51. The summed E-state index contributed by atoms with van der Waals surface area (Å²) >= 11 is 0. The molecule has 4 rings (SSSR count). The van der Waals surface area contributed by atoms with E-state index in [4.69, 9.17) is 14.0 Å². The van der Waals surface area contributed by atoms with E-state index in [2.05, 4.69) is 21.2 Å². The molecule has 0 aliphatic heterocycles. The van der Waals surface area contributed by atoms with Crippen molar-refractivity contribution in [3.63, 3.8) is 0 Å². The summed E-state index contributed by atoms with van der Waals surface area (Å²) in [4.78, 5) is 18.6. The van der Waals surface area contributed by atoms with Crippen LogP contribution in [0.15, 0.2) is 52.0 Å². The molecule has 8 heteroatoms. The van der Waals surface area contributed by atoms with Crippen LogP contribution >= 0.6 is 0 Å². The van der Waals surface area contributed by atoms with E-state index in [9.17, 15) is 4.79 Å². The third-order valence-electron chi connectivity index (χ3n) is 4.51.